The molecule has 1 aliphatic carbocycles. The molecule has 0 amide bonds. The smallest absolute Gasteiger partial charge is 0.0720 e. The molecule has 22 heavy (non-hydrogen) atoms. The van der Waals surface area contributed by atoms with E-state index in [0.29, 0.717) is 0 Å². The fourth-order valence-corrected chi connectivity index (χ4v) is 2.55. The average molecular weight is 288 g/mol. The number of nitrogens with one attached hydrogen (secondary N) is 1. The van der Waals surface area contributed by atoms with Crippen LogP contribution in [0.25, 0.3) is 0 Å². The van der Waals surface area contributed by atoms with Crippen molar-refractivity contribution in [3.63, 3.8) is 0 Å². The summed E-state index contributed by atoms with van der Waals surface area (Å²) in [6, 6.07) is 20.4. The summed E-state index contributed by atoms with van der Waals surface area (Å²) in [4.78, 5) is 0. The predicted molar refractivity (Wildman–Crippen MR) is 94.1 cm³/mol. The standard InChI is InChI=1S/C20H20N2/c1-16-9-8-12-18(16)15-20(17-10-4-2-5-11-17)22-21-19-13-6-3-7-14-19/h2-11,13-14,21H,12,15H2,1H3. The molecule has 0 fully saturated rings. The molecule has 0 bridgehead atoms. The van der Waals surface area contributed by atoms with E-state index in [9.17, 15) is 0 Å². The number of para-hydroxylation sites is 1. The average Bonchev–Trinajstić information content (AvgIpc) is 2.98. The van der Waals surface area contributed by atoms with Gasteiger partial charge in [0, 0.05) is 6.42 Å². The number of hydrogen-bond donors (Lipinski definition) is 1. The Morgan fingerprint density at radius 2 is 1.68 bits per heavy atom. The van der Waals surface area contributed by atoms with Crippen LogP contribution in [0.2, 0.25) is 0 Å². The molecule has 0 atom stereocenters. The van der Waals surface area contributed by atoms with Crippen LogP contribution in [0.1, 0.15) is 25.3 Å². The van der Waals surface area contributed by atoms with Gasteiger partial charge in [-0.25, -0.2) is 0 Å². The molecule has 2 aromatic carbocycles. The predicted octanol–water partition coefficient (Wildman–Crippen LogP) is 5.17. The second-order valence-electron chi connectivity index (χ2n) is 5.47. The van der Waals surface area contributed by atoms with Crippen molar-refractivity contribution >= 4 is 11.4 Å². The van der Waals surface area contributed by atoms with Gasteiger partial charge in [0.25, 0.3) is 0 Å². The van der Waals surface area contributed by atoms with Crippen LogP contribution in [0.5, 0.6) is 0 Å². The number of allylic oxidation sites excluding steroid dienone is 4. The third-order valence-electron chi connectivity index (χ3n) is 3.87. The minimum absolute atomic E-state index is 0.878. The van der Waals surface area contributed by atoms with Gasteiger partial charge < -0.3 is 0 Å². The highest BCUT2D eigenvalue weighted by atomic mass is 15.3. The molecule has 110 valence electrons. The van der Waals surface area contributed by atoms with Crippen molar-refractivity contribution in [2.45, 2.75) is 19.8 Å². The Labute approximate surface area is 131 Å². The zero-order valence-electron chi connectivity index (χ0n) is 12.8. The van der Waals surface area contributed by atoms with Gasteiger partial charge >= 0.3 is 0 Å². The van der Waals surface area contributed by atoms with Crippen molar-refractivity contribution in [1.82, 2.24) is 0 Å². The second kappa shape index (κ2) is 6.90. The van der Waals surface area contributed by atoms with Crippen LogP contribution < -0.4 is 5.43 Å². The van der Waals surface area contributed by atoms with Gasteiger partial charge in [-0.15, -0.1) is 0 Å². The Balaban J connectivity index is 1.85. The maximum atomic E-state index is 4.67. The van der Waals surface area contributed by atoms with Crippen LogP contribution in [0.4, 0.5) is 5.69 Å². The number of nitrogens with zero attached hydrogens (tertiary/aromatic N) is 1. The van der Waals surface area contributed by atoms with E-state index in [4.69, 9.17) is 0 Å². The number of hydrazone groups is 1. The summed E-state index contributed by atoms with van der Waals surface area (Å²) in [6.07, 6.45) is 6.33. The highest BCUT2D eigenvalue weighted by molar-refractivity contribution is 6.02. The monoisotopic (exact) mass is 288 g/mol. The molecule has 0 saturated heterocycles. The maximum absolute atomic E-state index is 4.67. The molecular weight excluding hydrogens is 268 g/mol. The fourth-order valence-electron chi connectivity index (χ4n) is 2.55. The van der Waals surface area contributed by atoms with E-state index in [-0.39, 0.29) is 0 Å². The zero-order chi connectivity index (χ0) is 15.2. The molecule has 0 heterocycles. The summed E-state index contributed by atoms with van der Waals surface area (Å²) >= 11 is 0. The van der Waals surface area contributed by atoms with Gasteiger partial charge in [0.1, 0.15) is 0 Å². The second-order valence-corrected chi connectivity index (χ2v) is 5.47. The minimum Gasteiger partial charge on any atom is -0.278 e. The van der Waals surface area contributed by atoms with Crippen molar-refractivity contribution in [1.29, 1.82) is 0 Å². The van der Waals surface area contributed by atoms with Gasteiger partial charge in [0.15, 0.2) is 0 Å². The van der Waals surface area contributed by atoms with Crippen molar-refractivity contribution in [3.8, 4) is 0 Å². The lowest BCUT2D eigenvalue weighted by Gasteiger charge is -2.10. The van der Waals surface area contributed by atoms with Gasteiger partial charge in [-0.3, -0.25) is 5.43 Å². The topological polar surface area (TPSA) is 24.4 Å². The van der Waals surface area contributed by atoms with Crippen molar-refractivity contribution in [3.05, 3.63) is 89.5 Å². The van der Waals surface area contributed by atoms with Gasteiger partial charge in [-0.1, -0.05) is 71.8 Å². The Morgan fingerprint density at radius 3 is 2.32 bits per heavy atom. The fraction of sp³-hybridized carbons (Fsp3) is 0.150. The van der Waals surface area contributed by atoms with Gasteiger partial charge in [-0.05, 0) is 31.0 Å². The maximum Gasteiger partial charge on any atom is 0.0720 e. The number of anilines is 1. The van der Waals surface area contributed by atoms with E-state index in [1.165, 1.54) is 11.1 Å². The molecule has 0 unspecified atom stereocenters. The molecular formula is C20H20N2. The Kier molecular flexibility index (Phi) is 4.50. The number of benzene rings is 2. The van der Waals surface area contributed by atoms with Crippen molar-refractivity contribution in [2.75, 3.05) is 5.43 Å². The molecule has 0 spiro atoms. The summed E-state index contributed by atoms with van der Waals surface area (Å²) in [7, 11) is 0. The third-order valence-corrected chi connectivity index (χ3v) is 3.87. The first kappa shape index (κ1) is 14.3. The van der Waals surface area contributed by atoms with E-state index in [2.05, 4.69) is 53.9 Å². The van der Waals surface area contributed by atoms with Crippen LogP contribution in [-0.4, -0.2) is 5.71 Å². The Bertz CT molecular complexity index is 710. The summed E-state index contributed by atoms with van der Waals surface area (Å²) in [5.41, 5.74) is 9.23. The van der Waals surface area contributed by atoms with Crippen LogP contribution in [0, 0.1) is 0 Å². The largest absolute Gasteiger partial charge is 0.278 e. The highest BCUT2D eigenvalue weighted by Gasteiger charge is 2.11. The lowest BCUT2D eigenvalue weighted by Crippen LogP contribution is -2.06. The van der Waals surface area contributed by atoms with Gasteiger partial charge in [-0.2, -0.15) is 5.10 Å². The van der Waals surface area contributed by atoms with E-state index in [1.807, 2.05) is 36.4 Å². The zero-order valence-corrected chi connectivity index (χ0v) is 12.8. The first-order valence-corrected chi connectivity index (χ1v) is 7.61. The summed E-state index contributed by atoms with van der Waals surface area (Å²) in [5.74, 6) is 0. The summed E-state index contributed by atoms with van der Waals surface area (Å²) in [6.45, 7) is 2.17. The Hall–Kier alpha value is -2.61. The number of rotatable bonds is 5. The van der Waals surface area contributed by atoms with Gasteiger partial charge in [0.05, 0.1) is 11.4 Å². The van der Waals surface area contributed by atoms with Gasteiger partial charge in [0.2, 0.25) is 0 Å². The van der Waals surface area contributed by atoms with Crippen LogP contribution in [0.15, 0.2) is 89.1 Å². The molecule has 1 N–H and O–H groups in total. The summed E-state index contributed by atoms with van der Waals surface area (Å²) < 4.78 is 0. The molecule has 2 aromatic rings. The van der Waals surface area contributed by atoms with Crippen LogP contribution >= 0.6 is 0 Å². The van der Waals surface area contributed by atoms with E-state index < -0.39 is 0 Å². The first-order valence-electron chi connectivity index (χ1n) is 7.61. The molecule has 2 nitrogen and oxygen atoms in total. The lowest BCUT2D eigenvalue weighted by molar-refractivity contribution is 1.13. The highest BCUT2D eigenvalue weighted by Crippen LogP contribution is 2.24. The molecule has 0 radical (unpaired) electrons. The Morgan fingerprint density at radius 1 is 1.00 bits per heavy atom. The van der Waals surface area contributed by atoms with Crippen molar-refractivity contribution < 1.29 is 0 Å². The number of hydrogen-bond acceptors (Lipinski definition) is 2. The lowest BCUT2D eigenvalue weighted by atomic mass is 10.00. The molecule has 1 aliphatic rings. The molecule has 3 rings (SSSR count). The third kappa shape index (κ3) is 3.53. The molecule has 0 aromatic heterocycles. The minimum atomic E-state index is 0.878. The molecule has 0 saturated carbocycles. The van der Waals surface area contributed by atoms with E-state index in [1.54, 1.807) is 0 Å². The SMILES string of the molecule is CC1=C(CC(=NNc2ccccc2)c2ccccc2)CC=C1. The first-order chi connectivity index (χ1) is 10.8. The van der Waals surface area contributed by atoms with Crippen LogP contribution in [0.3, 0.4) is 0 Å². The van der Waals surface area contributed by atoms with Crippen molar-refractivity contribution in [2.24, 2.45) is 5.10 Å². The van der Waals surface area contributed by atoms with E-state index in [0.717, 1.165) is 29.8 Å². The normalized spacial score (nSPS) is 14.5. The van der Waals surface area contributed by atoms with E-state index >= 15 is 0 Å². The summed E-state index contributed by atoms with van der Waals surface area (Å²) in [5, 5.41) is 4.67. The molecule has 2 heteroatoms. The quantitative estimate of drug-likeness (QED) is 0.595. The van der Waals surface area contributed by atoms with Crippen LogP contribution in [-0.2, 0) is 0 Å². The molecule has 0 aliphatic heterocycles.